The molecule has 1 rings (SSSR count). The summed E-state index contributed by atoms with van der Waals surface area (Å²) >= 11 is 0. The van der Waals surface area contributed by atoms with Crippen LogP contribution in [0, 0.1) is 11.3 Å². The Morgan fingerprint density at radius 3 is 2.76 bits per heavy atom. The molecule has 4 heteroatoms. The van der Waals surface area contributed by atoms with E-state index in [1.165, 1.54) is 0 Å². The van der Waals surface area contributed by atoms with Crippen LogP contribution in [-0.4, -0.2) is 26.8 Å². The van der Waals surface area contributed by atoms with Gasteiger partial charge in [-0.3, -0.25) is 0 Å². The van der Waals surface area contributed by atoms with Crippen molar-refractivity contribution >= 4 is 5.69 Å². The second-order valence-corrected chi connectivity index (χ2v) is 3.74. The highest BCUT2D eigenvalue weighted by atomic mass is 16.5. The molecule has 0 aromatic heterocycles. The van der Waals surface area contributed by atoms with E-state index in [2.05, 4.69) is 17.9 Å². The molecule has 0 aliphatic heterocycles. The van der Waals surface area contributed by atoms with E-state index >= 15 is 0 Å². The first-order valence-electron chi connectivity index (χ1n) is 5.73. The third-order valence-corrected chi connectivity index (χ3v) is 2.70. The molecule has 0 saturated heterocycles. The van der Waals surface area contributed by atoms with E-state index in [4.69, 9.17) is 15.7 Å². The maximum Gasteiger partial charge on any atom is 0.101 e. The highest BCUT2D eigenvalue weighted by Gasteiger charge is 2.09. The van der Waals surface area contributed by atoms with Crippen LogP contribution in [-0.2, 0) is 11.3 Å². The average molecular weight is 233 g/mol. The summed E-state index contributed by atoms with van der Waals surface area (Å²) in [4.78, 5) is 2.13. The highest BCUT2D eigenvalue weighted by Crippen LogP contribution is 2.21. The molecule has 0 aliphatic rings. The first kappa shape index (κ1) is 13.5. The molecule has 2 N–H and O–H groups in total. The average Bonchev–Trinajstić information content (AvgIpc) is 2.39. The van der Waals surface area contributed by atoms with Crippen molar-refractivity contribution in [3.8, 4) is 6.07 Å². The molecular formula is C13H19N3O. The summed E-state index contributed by atoms with van der Waals surface area (Å²) in [5.74, 6) is 0. The number of hydrogen-bond acceptors (Lipinski definition) is 4. The summed E-state index contributed by atoms with van der Waals surface area (Å²) in [5.41, 5.74) is 8.17. The summed E-state index contributed by atoms with van der Waals surface area (Å²) in [6.45, 7) is 4.80. The lowest BCUT2D eigenvalue weighted by molar-refractivity contribution is 0.205. The van der Waals surface area contributed by atoms with Gasteiger partial charge in [0.2, 0.25) is 0 Å². The Morgan fingerprint density at radius 1 is 1.47 bits per heavy atom. The number of ether oxygens (including phenoxy) is 1. The number of hydrogen-bond donors (Lipinski definition) is 1. The lowest BCUT2D eigenvalue weighted by Gasteiger charge is -2.24. The topological polar surface area (TPSA) is 62.3 Å². The van der Waals surface area contributed by atoms with Crippen LogP contribution in [0.25, 0.3) is 0 Å². The quantitative estimate of drug-likeness (QED) is 0.808. The molecule has 1 aromatic carbocycles. The van der Waals surface area contributed by atoms with Gasteiger partial charge in [0.25, 0.3) is 0 Å². The maximum absolute atomic E-state index is 9.16. The molecule has 0 spiro atoms. The minimum Gasteiger partial charge on any atom is -0.383 e. The fourth-order valence-corrected chi connectivity index (χ4v) is 1.73. The van der Waals surface area contributed by atoms with Gasteiger partial charge >= 0.3 is 0 Å². The molecule has 0 unspecified atom stereocenters. The predicted molar refractivity (Wildman–Crippen MR) is 68.8 cm³/mol. The van der Waals surface area contributed by atoms with Crippen molar-refractivity contribution in [1.82, 2.24) is 0 Å². The Bertz CT molecular complexity index is 398. The molecule has 1 aromatic rings. The van der Waals surface area contributed by atoms with Crippen LogP contribution >= 0.6 is 0 Å². The highest BCUT2D eigenvalue weighted by molar-refractivity contribution is 5.60. The normalized spacial score (nSPS) is 10.0. The first-order chi connectivity index (χ1) is 8.26. The SMILES string of the molecule is CCN(CCOC)c1ccc(CN)cc1C#N. The minimum atomic E-state index is 0.457. The van der Waals surface area contributed by atoms with E-state index in [0.717, 1.165) is 24.3 Å². The predicted octanol–water partition coefficient (Wildman–Crippen LogP) is 1.49. The van der Waals surface area contributed by atoms with Crippen LogP contribution in [0.5, 0.6) is 0 Å². The van der Waals surface area contributed by atoms with Gasteiger partial charge in [-0.25, -0.2) is 0 Å². The van der Waals surface area contributed by atoms with Crippen molar-refractivity contribution in [3.63, 3.8) is 0 Å². The number of anilines is 1. The fraction of sp³-hybridized carbons (Fsp3) is 0.462. The molecule has 0 amide bonds. The Labute approximate surface area is 103 Å². The molecule has 0 aliphatic carbocycles. The molecule has 0 heterocycles. The van der Waals surface area contributed by atoms with Gasteiger partial charge in [0.05, 0.1) is 17.9 Å². The van der Waals surface area contributed by atoms with Crippen LogP contribution in [0.2, 0.25) is 0 Å². The number of nitriles is 1. The van der Waals surface area contributed by atoms with E-state index in [1.54, 1.807) is 7.11 Å². The van der Waals surface area contributed by atoms with Crippen LogP contribution < -0.4 is 10.6 Å². The zero-order valence-electron chi connectivity index (χ0n) is 10.4. The molecule has 92 valence electrons. The molecule has 0 saturated carbocycles. The van der Waals surface area contributed by atoms with E-state index in [1.807, 2.05) is 18.2 Å². The number of rotatable bonds is 6. The van der Waals surface area contributed by atoms with Crippen LogP contribution in [0.15, 0.2) is 18.2 Å². The van der Waals surface area contributed by atoms with E-state index in [-0.39, 0.29) is 0 Å². The fourth-order valence-electron chi connectivity index (χ4n) is 1.73. The van der Waals surface area contributed by atoms with Crippen molar-refractivity contribution in [1.29, 1.82) is 5.26 Å². The zero-order valence-corrected chi connectivity index (χ0v) is 10.4. The second kappa shape index (κ2) is 6.89. The number of nitrogens with zero attached hydrogens (tertiary/aromatic N) is 2. The third-order valence-electron chi connectivity index (χ3n) is 2.70. The van der Waals surface area contributed by atoms with Crippen molar-refractivity contribution in [2.24, 2.45) is 5.73 Å². The number of benzene rings is 1. The molecule has 0 bridgehead atoms. The molecule has 4 nitrogen and oxygen atoms in total. The van der Waals surface area contributed by atoms with Crippen molar-refractivity contribution in [3.05, 3.63) is 29.3 Å². The summed E-state index contributed by atoms with van der Waals surface area (Å²) in [5, 5.41) is 9.16. The molecule has 0 radical (unpaired) electrons. The smallest absolute Gasteiger partial charge is 0.101 e. The first-order valence-corrected chi connectivity index (χ1v) is 5.73. The monoisotopic (exact) mass is 233 g/mol. The van der Waals surface area contributed by atoms with Crippen LogP contribution in [0.3, 0.4) is 0 Å². The maximum atomic E-state index is 9.16. The van der Waals surface area contributed by atoms with Gasteiger partial charge in [0.15, 0.2) is 0 Å². The number of likely N-dealkylation sites (N-methyl/N-ethyl adjacent to an activating group) is 1. The summed E-state index contributed by atoms with van der Waals surface area (Å²) in [7, 11) is 1.68. The second-order valence-electron chi connectivity index (χ2n) is 3.74. The van der Waals surface area contributed by atoms with E-state index in [9.17, 15) is 0 Å². The molecule has 0 fully saturated rings. The lowest BCUT2D eigenvalue weighted by Crippen LogP contribution is -2.27. The van der Waals surface area contributed by atoms with Crippen molar-refractivity contribution < 1.29 is 4.74 Å². The van der Waals surface area contributed by atoms with Gasteiger partial charge in [0, 0.05) is 26.7 Å². The number of methoxy groups -OCH3 is 1. The van der Waals surface area contributed by atoms with E-state index < -0.39 is 0 Å². The van der Waals surface area contributed by atoms with Gasteiger partial charge in [-0.15, -0.1) is 0 Å². The largest absolute Gasteiger partial charge is 0.383 e. The molecular weight excluding hydrogens is 214 g/mol. The minimum absolute atomic E-state index is 0.457. The Kier molecular flexibility index (Phi) is 5.47. The van der Waals surface area contributed by atoms with Crippen LogP contribution in [0.1, 0.15) is 18.1 Å². The third kappa shape index (κ3) is 3.45. The van der Waals surface area contributed by atoms with Gasteiger partial charge < -0.3 is 15.4 Å². The van der Waals surface area contributed by atoms with Crippen molar-refractivity contribution in [2.75, 3.05) is 31.7 Å². The number of nitrogens with two attached hydrogens (primary N) is 1. The van der Waals surface area contributed by atoms with Gasteiger partial charge in [-0.1, -0.05) is 6.07 Å². The van der Waals surface area contributed by atoms with E-state index in [0.29, 0.717) is 18.7 Å². The lowest BCUT2D eigenvalue weighted by atomic mass is 10.1. The van der Waals surface area contributed by atoms with Gasteiger partial charge in [-0.2, -0.15) is 5.26 Å². The molecule has 17 heavy (non-hydrogen) atoms. The van der Waals surface area contributed by atoms with Crippen LogP contribution in [0.4, 0.5) is 5.69 Å². The van der Waals surface area contributed by atoms with Gasteiger partial charge in [-0.05, 0) is 24.6 Å². The summed E-state index contributed by atoms with van der Waals surface area (Å²) in [6.07, 6.45) is 0. The zero-order chi connectivity index (χ0) is 12.7. The Morgan fingerprint density at radius 2 is 2.24 bits per heavy atom. The standard InChI is InChI=1S/C13H19N3O/c1-3-16(6-7-17-2)13-5-4-11(9-14)8-12(13)10-15/h4-5,8H,3,6-7,9,14H2,1-2H3. The molecule has 0 atom stereocenters. The Balaban J connectivity index is 2.98. The van der Waals surface area contributed by atoms with Gasteiger partial charge in [0.1, 0.15) is 6.07 Å². The Hall–Kier alpha value is -1.57. The summed E-state index contributed by atoms with van der Waals surface area (Å²) < 4.78 is 5.07. The van der Waals surface area contributed by atoms with Crippen molar-refractivity contribution in [2.45, 2.75) is 13.5 Å². The summed E-state index contributed by atoms with van der Waals surface area (Å²) in [6, 6.07) is 8.00.